The quantitative estimate of drug-likeness (QED) is 0.231. The van der Waals surface area contributed by atoms with Gasteiger partial charge in [-0.25, -0.2) is 4.79 Å². The molecule has 2 amide bonds. The number of nitrogens with two attached hydrogens (primary N) is 1. The largest absolute Gasteiger partial charge is 0.367 e. The Morgan fingerprint density at radius 2 is 1.32 bits per heavy atom. The Labute approximate surface area is 257 Å². The highest BCUT2D eigenvalue weighted by Crippen LogP contribution is 2.42. The van der Waals surface area contributed by atoms with Gasteiger partial charge in [-0.1, -0.05) is 97.1 Å². The van der Waals surface area contributed by atoms with Crippen LogP contribution < -0.4 is 10.6 Å². The van der Waals surface area contributed by atoms with Crippen molar-refractivity contribution in [3.05, 3.63) is 150 Å². The fraction of sp³-hybridized carbons (Fsp3) is 0.162. The number of aryl methyl sites for hydroxylation is 1. The zero-order chi connectivity index (χ0) is 30.1. The van der Waals surface area contributed by atoms with E-state index >= 15 is 0 Å². The fourth-order valence-corrected chi connectivity index (χ4v) is 6.59. The van der Waals surface area contributed by atoms with Crippen molar-refractivity contribution in [2.75, 3.05) is 31.1 Å². The van der Waals surface area contributed by atoms with Crippen molar-refractivity contribution in [2.24, 2.45) is 5.73 Å². The average molecular weight is 579 g/mol. The van der Waals surface area contributed by atoms with E-state index in [0.717, 1.165) is 63.2 Å². The first kappa shape index (κ1) is 27.4. The third-order valence-electron chi connectivity index (χ3n) is 8.78. The van der Waals surface area contributed by atoms with Gasteiger partial charge in [-0.05, 0) is 47.4 Å². The third-order valence-corrected chi connectivity index (χ3v) is 8.78. The Morgan fingerprint density at radius 1 is 0.750 bits per heavy atom. The highest BCUT2D eigenvalue weighted by Gasteiger charge is 2.39. The van der Waals surface area contributed by atoms with E-state index in [0.29, 0.717) is 13.1 Å². The average Bonchev–Trinajstić information content (AvgIpc) is 3.47. The van der Waals surface area contributed by atoms with Crippen LogP contribution in [0.2, 0.25) is 0 Å². The lowest BCUT2D eigenvalue weighted by molar-refractivity contribution is 0.204. The fourth-order valence-electron chi connectivity index (χ4n) is 6.59. The monoisotopic (exact) mass is 578 g/mol. The van der Waals surface area contributed by atoms with Gasteiger partial charge in [0.25, 0.3) is 0 Å². The van der Waals surface area contributed by atoms with E-state index in [1.807, 2.05) is 6.20 Å². The van der Waals surface area contributed by atoms with E-state index in [1.54, 1.807) is 4.90 Å². The standard InChI is InChI=1S/C37H34N6O/c1-27-33(28-17-18-34-32(25-28)35(19-20-39-34)41-21-23-42(24-22-41)36(38)44)26-43(40-27)37(29-11-5-2-6-12-29,30-13-7-3-8-14-30)31-15-9-4-10-16-31/h2-20,25-26H,21-24H2,1H3,(H2,38,44). The van der Waals surface area contributed by atoms with E-state index in [1.165, 1.54) is 0 Å². The van der Waals surface area contributed by atoms with Gasteiger partial charge in [0.2, 0.25) is 0 Å². The molecule has 1 aliphatic heterocycles. The summed E-state index contributed by atoms with van der Waals surface area (Å²) in [5.74, 6) is 0. The first-order valence-corrected chi connectivity index (χ1v) is 15.0. The molecule has 2 aromatic heterocycles. The molecule has 0 spiro atoms. The Kier molecular flexibility index (Phi) is 7.06. The lowest BCUT2D eigenvalue weighted by Gasteiger charge is -2.36. The molecule has 6 aromatic rings. The first-order chi connectivity index (χ1) is 21.6. The molecule has 2 N–H and O–H groups in total. The summed E-state index contributed by atoms with van der Waals surface area (Å²) < 4.78 is 2.13. The molecule has 1 aliphatic rings. The first-order valence-electron chi connectivity index (χ1n) is 15.0. The number of amides is 2. The van der Waals surface area contributed by atoms with Gasteiger partial charge in [0.15, 0.2) is 0 Å². The van der Waals surface area contributed by atoms with Crippen molar-refractivity contribution in [1.29, 1.82) is 0 Å². The summed E-state index contributed by atoms with van der Waals surface area (Å²) >= 11 is 0. The van der Waals surface area contributed by atoms with Crippen LogP contribution in [0.3, 0.4) is 0 Å². The highest BCUT2D eigenvalue weighted by atomic mass is 16.2. The molecular weight excluding hydrogens is 544 g/mol. The number of benzene rings is 4. The molecule has 3 heterocycles. The van der Waals surface area contributed by atoms with Crippen LogP contribution in [0.15, 0.2) is 128 Å². The summed E-state index contributed by atoms with van der Waals surface area (Å²) in [5.41, 5.74) is 13.4. The van der Waals surface area contributed by atoms with Gasteiger partial charge in [-0.3, -0.25) is 9.67 Å². The van der Waals surface area contributed by atoms with Gasteiger partial charge in [0.05, 0.1) is 11.2 Å². The van der Waals surface area contributed by atoms with E-state index in [4.69, 9.17) is 10.8 Å². The van der Waals surface area contributed by atoms with Crippen LogP contribution in [0.5, 0.6) is 0 Å². The maximum atomic E-state index is 11.7. The van der Waals surface area contributed by atoms with E-state index in [2.05, 4.69) is 143 Å². The molecule has 0 atom stereocenters. The van der Waals surface area contributed by atoms with E-state index < -0.39 is 5.54 Å². The topological polar surface area (TPSA) is 80.3 Å². The zero-order valence-corrected chi connectivity index (χ0v) is 24.7. The minimum Gasteiger partial charge on any atom is -0.367 e. The SMILES string of the molecule is Cc1nn(C(c2ccccc2)(c2ccccc2)c2ccccc2)cc1-c1ccc2nccc(N3CCN(C(N)=O)CC3)c2c1. The van der Waals surface area contributed by atoms with Crippen LogP contribution in [-0.2, 0) is 5.54 Å². The summed E-state index contributed by atoms with van der Waals surface area (Å²) in [4.78, 5) is 20.4. The number of anilines is 1. The van der Waals surface area contributed by atoms with Crippen LogP contribution in [0.4, 0.5) is 10.5 Å². The minimum absolute atomic E-state index is 0.364. The number of rotatable bonds is 6. The van der Waals surface area contributed by atoms with E-state index in [9.17, 15) is 4.79 Å². The molecule has 1 fully saturated rings. The van der Waals surface area contributed by atoms with Crippen molar-refractivity contribution in [3.63, 3.8) is 0 Å². The number of carbonyl (C=O) groups is 1. The summed E-state index contributed by atoms with van der Waals surface area (Å²) in [6.45, 7) is 4.72. The number of hydrogen-bond acceptors (Lipinski definition) is 4. The van der Waals surface area contributed by atoms with Gasteiger partial charge < -0.3 is 15.5 Å². The van der Waals surface area contributed by atoms with Crippen molar-refractivity contribution in [1.82, 2.24) is 19.7 Å². The number of nitrogens with zero attached hydrogens (tertiary/aromatic N) is 5. The lowest BCUT2D eigenvalue weighted by atomic mass is 9.77. The minimum atomic E-state index is -0.684. The number of primary amides is 1. The number of aromatic nitrogens is 3. The summed E-state index contributed by atoms with van der Waals surface area (Å²) in [5, 5.41) is 6.32. The third kappa shape index (κ3) is 4.67. The summed E-state index contributed by atoms with van der Waals surface area (Å²) in [6, 6.07) is 40.0. The number of pyridine rings is 1. The molecule has 0 bridgehead atoms. The van der Waals surface area contributed by atoms with Crippen molar-refractivity contribution in [2.45, 2.75) is 12.5 Å². The van der Waals surface area contributed by atoms with Gasteiger partial charge in [-0.2, -0.15) is 5.10 Å². The van der Waals surface area contributed by atoms with Gasteiger partial charge in [-0.15, -0.1) is 0 Å². The van der Waals surface area contributed by atoms with Crippen molar-refractivity contribution in [3.8, 4) is 11.1 Å². The van der Waals surface area contributed by atoms with Crippen molar-refractivity contribution >= 4 is 22.6 Å². The second-order valence-corrected chi connectivity index (χ2v) is 11.3. The molecular formula is C37H34N6O. The maximum absolute atomic E-state index is 11.7. The summed E-state index contributed by atoms with van der Waals surface area (Å²) in [7, 11) is 0. The molecule has 1 saturated heterocycles. The van der Waals surface area contributed by atoms with Gasteiger partial charge in [0, 0.05) is 55.2 Å². The molecule has 0 aliphatic carbocycles. The molecule has 0 unspecified atom stereocenters. The Balaban J connectivity index is 1.38. The van der Waals surface area contributed by atoms with Crippen LogP contribution in [0.1, 0.15) is 22.4 Å². The molecule has 0 radical (unpaired) electrons. The van der Waals surface area contributed by atoms with E-state index in [-0.39, 0.29) is 6.03 Å². The molecule has 218 valence electrons. The number of piperazine rings is 1. The maximum Gasteiger partial charge on any atom is 0.314 e. The van der Waals surface area contributed by atoms with Crippen LogP contribution in [0.25, 0.3) is 22.0 Å². The van der Waals surface area contributed by atoms with Crippen molar-refractivity contribution < 1.29 is 4.79 Å². The van der Waals surface area contributed by atoms with Crippen LogP contribution in [-0.4, -0.2) is 51.9 Å². The smallest absolute Gasteiger partial charge is 0.314 e. The number of urea groups is 1. The molecule has 44 heavy (non-hydrogen) atoms. The predicted molar refractivity (Wildman–Crippen MR) is 176 cm³/mol. The van der Waals surface area contributed by atoms with Crippen LogP contribution in [0, 0.1) is 6.92 Å². The molecule has 7 nitrogen and oxygen atoms in total. The number of fused-ring (bicyclic) bond motifs is 1. The summed E-state index contributed by atoms with van der Waals surface area (Å²) in [6.07, 6.45) is 4.04. The normalized spacial score (nSPS) is 13.8. The second kappa shape index (κ2) is 11.3. The second-order valence-electron chi connectivity index (χ2n) is 11.3. The molecule has 7 rings (SSSR count). The lowest BCUT2D eigenvalue weighted by Crippen LogP contribution is -2.50. The molecule has 7 heteroatoms. The van der Waals surface area contributed by atoms with Crippen LogP contribution >= 0.6 is 0 Å². The Morgan fingerprint density at radius 3 is 1.86 bits per heavy atom. The highest BCUT2D eigenvalue weighted by molar-refractivity contribution is 5.95. The zero-order valence-electron chi connectivity index (χ0n) is 24.7. The molecule has 4 aromatic carbocycles. The number of hydrogen-bond donors (Lipinski definition) is 1. The van der Waals surface area contributed by atoms with Gasteiger partial charge >= 0.3 is 6.03 Å². The Hall–Kier alpha value is -5.43. The van der Waals surface area contributed by atoms with Gasteiger partial charge in [0.1, 0.15) is 5.54 Å². The number of carbonyl (C=O) groups excluding carboxylic acids is 1. The predicted octanol–water partition coefficient (Wildman–Crippen LogP) is 6.45. The Bertz CT molecular complexity index is 1820. The molecule has 0 saturated carbocycles.